The summed E-state index contributed by atoms with van der Waals surface area (Å²) in [6.45, 7) is 0.268. The van der Waals surface area contributed by atoms with Crippen LogP contribution in [0.2, 0.25) is 0 Å². The first-order valence-electron chi connectivity index (χ1n) is 11.9. The molecule has 0 aliphatic heterocycles. The van der Waals surface area contributed by atoms with Gasteiger partial charge in [-0.2, -0.15) is 0 Å². The number of nitrogens with two attached hydrogens (primary N) is 1. The van der Waals surface area contributed by atoms with Crippen molar-refractivity contribution in [1.29, 1.82) is 0 Å². The fraction of sp³-hybridized carbons (Fsp3) is 0.133. The number of fused-ring (bicyclic) bond motifs is 3. The standard InChI is InChI=1S/C30H27N3O3S/c1-35-23-16-10-20(11-17-23)19-37-29(31)32-21-12-14-22(15-13-21)33-30(34)36-18-28-26-8-4-2-6-24(26)25-7-3-5-9-27(25)28/h2-17,28H,18-19H2,1H3,(H2,31,32)(H,33,34). The van der Waals surface area contributed by atoms with Crippen molar-refractivity contribution in [2.45, 2.75) is 11.7 Å². The van der Waals surface area contributed by atoms with E-state index < -0.39 is 6.09 Å². The number of benzene rings is 4. The van der Waals surface area contributed by atoms with Crippen LogP contribution in [0.1, 0.15) is 22.6 Å². The van der Waals surface area contributed by atoms with Gasteiger partial charge in [-0.25, -0.2) is 9.79 Å². The summed E-state index contributed by atoms with van der Waals surface area (Å²) in [5.74, 6) is 1.55. The predicted octanol–water partition coefficient (Wildman–Crippen LogP) is 6.94. The fourth-order valence-electron chi connectivity index (χ4n) is 4.41. The summed E-state index contributed by atoms with van der Waals surface area (Å²) < 4.78 is 10.8. The fourth-order valence-corrected chi connectivity index (χ4v) is 5.09. The molecular formula is C30H27N3O3S. The number of anilines is 1. The molecule has 1 aliphatic carbocycles. The number of nitrogens with zero attached hydrogens (tertiary/aromatic N) is 1. The summed E-state index contributed by atoms with van der Waals surface area (Å²) in [5.41, 5.74) is 13.3. The molecule has 1 amide bonds. The smallest absolute Gasteiger partial charge is 0.411 e. The Morgan fingerprint density at radius 2 is 1.51 bits per heavy atom. The lowest BCUT2D eigenvalue weighted by Gasteiger charge is -2.14. The second kappa shape index (κ2) is 11.2. The maximum Gasteiger partial charge on any atom is 0.411 e. The van der Waals surface area contributed by atoms with Gasteiger partial charge in [-0.3, -0.25) is 5.32 Å². The minimum atomic E-state index is -0.493. The van der Waals surface area contributed by atoms with Gasteiger partial charge in [0.25, 0.3) is 0 Å². The molecule has 4 aromatic rings. The van der Waals surface area contributed by atoms with Gasteiger partial charge in [-0.05, 0) is 64.2 Å². The molecule has 6 nitrogen and oxygen atoms in total. The zero-order valence-electron chi connectivity index (χ0n) is 20.4. The molecule has 0 bridgehead atoms. The topological polar surface area (TPSA) is 85.9 Å². The van der Waals surface area contributed by atoms with E-state index in [0.29, 0.717) is 22.3 Å². The molecular weight excluding hydrogens is 482 g/mol. The highest BCUT2D eigenvalue weighted by atomic mass is 32.2. The van der Waals surface area contributed by atoms with Crippen LogP contribution in [0.4, 0.5) is 16.2 Å². The Morgan fingerprint density at radius 1 is 0.892 bits per heavy atom. The molecule has 7 heteroatoms. The van der Waals surface area contributed by atoms with E-state index in [1.165, 1.54) is 34.0 Å². The number of methoxy groups -OCH3 is 1. The summed E-state index contributed by atoms with van der Waals surface area (Å²) >= 11 is 1.46. The monoisotopic (exact) mass is 509 g/mol. The van der Waals surface area contributed by atoms with E-state index >= 15 is 0 Å². The van der Waals surface area contributed by atoms with Crippen LogP contribution in [0, 0.1) is 0 Å². The average molecular weight is 510 g/mol. The van der Waals surface area contributed by atoms with E-state index in [-0.39, 0.29) is 12.5 Å². The molecule has 1 aliphatic rings. The first kappa shape index (κ1) is 24.5. The van der Waals surface area contributed by atoms with Crippen LogP contribution in [-0.4, -0.2) is 25.0 Å². The lowest BCUT2D eigenvalue weighted by Crippen LogP contribution is -2.17. The predicted molar refractivity (Wildman–Crippen MR) is 151 cm³/mol. The van der Waals surface area contributed by atoms with Crippen molar-refractivity contribution in [2.75, 3.05) is 19.0 Å². The van der Waals surface area contributed by atoms with Crippen molar-refractivity contribution in [2.24, 2.45) is 10.7 Å². The highest BCUT2D eigenvalue weighted by molar-refractivity contribution is 8.13. The Labute approximate surface area is 220 Å². The van der Waals surface area contributed by atoms with Crippen molar-refractivity contribution in [3.63, 3.8) is 0 Å². The van der Waals surface area contributed by atoms with E-state index in [0.717, 1.165) is 11.3 Å². The van der Waals surface area contributed by atoms with Crippen molar-refractivity contribution >= 4 is 34.4 Å². The molecule has 0 saturated heterocycles. The van der Waals surface area contributed by atoms with Gasteiger partial charge in [-0.1, -0.05) is 72.4 Å². The Balaban J connectivity index is 1.14. The van der Waals surface area contributed by atoms with E-state index in [2.05, 4.69) is 34.6 Å². The molecule has 0 unspecified atom stereocenters. The lowest BCUT2D eigenvalue weighted by molar-refractivity contribution is 0.158. The highest BCUT2D eigenvalue weighted by Crippen LogP contribution is 2.44. The number of amides is 1. The third-order valence-electron chi connectivity index (χ3n) is 6.24. The van der Waals surface area contributed by atoms with Crippen molar-refractivity contribution < 1.29 is 14.3 Å². The number of amidine groups is 1. The summed E-state index contributed by atoms with van der Waals surface area (Å²) in [7, 11) is 1.65. The van der Waals surface area contributed by atoms with Gasteiger partial charge >= 0.3 is 6.09 Å². The molecule has 0 aromatic heterocycles. The molecule has 0 atom stereocenters. The number of nitrogens with one attached hydrogen (secondary N) is 1. The van der Waals surface area contributed by atoms with E-state index in [4.69, 9.17) is 15.2 Å². The lowest BCUT2D eigenvalue weighted by atomic mass is 9.98. The van der Waals surface area contributed by atoms with Crippen molar-refractivity contribution in [3.8, 4) is 16.9 Å². The molecule has 186 valence electrons. The number of ether oxygens (including phenoxy) is 2. The minimum absolute atomic E-state index is 0.0215. The zero-order chi connectivity index (χ0) is 25.6. The van der Waals surface area contributed by atoms with E-state index in [1.54, 1.807) is 31.4 Å². The summed E-state index contributed by atoms with van der Waals surface area (Å²) in [6, 6.07) is 31.6. The molecule has 0 spiro atoms. The summed E-state index contributed by atoms with van der Waals surface area (Å²) in [4.78, 5) is 17.0. The average Bonchev–Trinajstić information content (AvgIpc) is 3.26. The Bertz CT molecular complexity index is 1370. The normalized spacial score (nSPS) is 12.5. The zero-order valence-corrected chi connectivity index (χ0v) is 21.2. The molecule has 37 heavy (non-hydrogen) atoms. The SMILES string of the molecule is COc1ccc(CS/C(N)=N\c2ccc(NC(=O)OCC3c4ccccc4-c4ccccc43)cc2)cc1. The van der Waals surface area contributed by atoms with E-state index in [1.807, 2.05) is 48.5 Å². The van der Waals surface area contributed by atoms with Crippen LogP contribution in [0.15, 0.2) is 102 Å². The molecule has 0 saturated carbocycles. The van der Waals surface area contributed by atoms with Gasteiger partial charge in [0.1, 0.15) is 12.4 Å². The molecule has 0 radical (unpaired) electrons. The maximum atomic E-state index is 12.5. The van der Waals surface area contributed by atoms with Crippen LogP contribution in [0.3, 0.4) is 0 Å². The van der Waals surface area contributed by atoms with E-state index in [9.17, 15) is 4.79 Å². The maximum absolute atomic E-state index is 12.5. The largest absolute Gasteiger partial charge is 0.497 e. The van der Waals surface area contributed by atoms with Crippen LogP contribution in [0.25, 0.3) is 11.1 Å². The number of rotatable bonds is 7. The number of thioether (sulfide) groups is 1. The number of hydrogen-bond acceptors (Lipinski definition) is 5. The summed E-state index contributed by atoms with van der Waals surface area (Å²) in [6.07, 6.45) is -0.493. The molecule has 0 heterocycles. The molecule has 0 fully saturated rings. The number of aliphatic imine (C=N–C) groups is 1. The third-order valence-corrected chi connectivity index (χ3v) is 7.11. The Kier molecular flexibility index (Phi) is 7.42. The van der Waals surface area contributed by atoms with Crippen LogP contribution in [0.5, 0.6) is 5.75 Å². The van der Waals surface area contributed by atoms with Gasteiger partial charge < -0.3 is 15.2 Å². The minimum Gasteiger partial charge on any atom is -0.497 e. The number of carbonyl (C=O) groups is 1. The van der Waals surface area contributed by atoms with Crippen molar-refractivity contribution in [1.82, 2.24) is 0 Å². The van der Waals surface area contributed by atoms with Gasteiger partial charge in [0.15, 0.2) is 5.17 Å². The second-order valence-electron chi connectivity index (χ2n) is 8.58. The van der Waals surface area contributed by atoms with Crippen LogP contribution < -0.4 is 15.8 Å². The second-order valence-corrected chi connectivity index (χ2v) is 9.58. The first-order valence-corrected chi connectivity index (χ1v) is 12.9. The first-order chi connectivity index (χ1) is 18.1. The van der Waals surface area contributed by atoms with Gasteiger partial charge in [0.05, 0.1) is 12.8 Å². The Hall–Kier alpha value is -4.23. The molecule has 4 aromatic carbocycles. The quantitative estimate of drug-likeness (QED) is 0.208. The molecule has 5 rings (SSSR count). The van der Waals surface area contributed by atoms with Gasteiger partial charge in [0.2, 0.25) is 0 Å². The van der Waals surface area contributed by atoms with Crippen LogP contribution in [-0.2, 0) is 10.5 Å². The highest BCUT2D eigenvalue weighted by Gasteiger charge is 2.28. The van der Waals surface area contributed by atoms with Gasteiger partial charge in [0, 0.05) is 17.4 Å². The van der Waals surface area contributed by atoms with Crippen LogP contribution >= 0.6 is 11.8 Å². The number of hydrogen-bond donors (Lipinski definition) is 2. The summed E-state index contributed by atoms with van der Waals surface area (Å²) in [5, 5.41) is 3.26. The Morgan fingerprint density at radius 3 is 2.14 bits per heavy atom. The third kappa shape index (κ3) is 5.78. The molecule has 3 N–H and O–H groups in total. The number of carbonyl (C=O) groups excluding carboxylic acids is 1. The van der Waals surface area contributed by atoms with Crippen molar-refractivity contribution in [3.05, 3.63) is 114 Å². The van der Waals surface area contributed by atoms with Gasteiger partial charge in [-0.15, -0.1) is 0 Å².